The van der Waals surface area contributed by atoms with E-state index in [1.807, 2.05) is 6.92 Å². The van der Waals surface area contributed by atoms with Crippen molar-refractivity contribution < 1.29 is 19.1 Å². The number of carboxylic acid groups (broad SMARTS) is 1. The summed E-state index contributed by atoms with van der Waals surface area (Å²) in [6.45, 7) is 3.31. The van der Waals surface area contributed by atoms with Gasteiger partial charge in [0.25, 0.3) is 0 Å². The first-order valence-corrected chi connectivity index (χ1v) is 6.38. The number of carbonyl (C=O) groups excluding carboxylic acids is 1. The van der Waals surface area contributed by atoms with Crippen LogP contribution < -0.4 is 4.90 Å². The van der Waals surface area contributed by atoms with Gasteiger partial charge in [-0.05, 0) is 37.6 Å². The maximum atomic E-state index is 12.9. The molecule has 1 rings (SSSR count). The highest BCUT2D eigenvalue weighted by molar-refractivity contribution is 5.93. The van der Waals surface area contributed by atoms with Crippen LogP contribution >= 0.6 is 0 Å². The Bertz CT molecular complexity index is 476. The van der Waals surface area contributed by atoms with Crippen LogP contribution in [-0.2, 0) is 4.79 Å². The SMILES string of the molecule is CCC(C)N(CC(=O)O)C(=O)N(C)c1ccc(F)cc1. The summed E-state index contributed by atoms with van der Waals surface area (Å²) in [7, 11) is 1.53. The number of benzene rings is 1. The van der Waals surface area contributed by atoms with Crippen molar-refractivity contribution in [2.24, 2.45) is 0 Å². The second-order valence-corrected chi connectivity index (χ2v) is 4.60. The highest BCUT2D eigenvalue weighted by Gasteiger charge is 2.25. The number of rotatable bonds is 5. The van der Waals surface area contributed by atoms with E-state index in [-0.39, 0.29) is 18.4 Å². The third-order valence-electron chi connectivity index (χ3n) is 3.18. The minimum atomic E-state index is -1.06. The fourth-order valence-electron chi connectivity index (χ4n) is 1.75. The van der Waals surface area contributed by atoms with Crippen LogP contribution in [0, 0.1) is 5.82 Å². The van der Waals surface area contributed by atoms with Crippen LogP contribution in [0.25, 0.3) is 0 Å². The van der Waals surface area contributed by atoms with Crippen LogP contribution in [-0.4, -0.2) is 41.6 Å². The first-order chi connectivity index (χ1) is 9.36. The number of aliphatic carboxylic acids is 1. The average molecular weight is 282 g/mol. The Morgan fingerprint density at radius 3 is 2.30 bits per heavy atom. The van der Waals surface area contributed by atoms with Crippen LogP contribution in [0.4, 0.5) is 14.9 Å². The zero-order valence-electron chi connectivity index (χ0n) is 11.8. The summed E-state index contributed by atoms with van der Waals surface area (Å²) < 4.78 is 12.9. The number of halogens is 1. The summed E-state index contributed by atoms with van der Waals surface area (Å²) >= 11 is 0. The smallest absolute Gasteiger partial charge is 0.324 e. The Hall–Kier alpha value is -2.11. The molecule has 0 aliphatic rings. The summed E-state index contributed by atoms with van der Waals surface area (Å²) in [6, 6.07) is 4.84. The predicted molar refractivity (Wildman–Crippen MR) is 74.3 cm³/mol. The lowest BCUT2D eigenvalue weighted by Gasteiger charge is -2.31. The normalized spacial score (nSPS) is 11.8. The van der Waals surface area contributed by atoms with Gasteiger partial charge in [0.2, 0.25) is 0 Å². The number of carbonyl (C=O) groups is 2. The van der Waals surface area contributed by atoms with Crippen molar-refractivity contribution in [3.63, 3.8) is 0 Å². The standard InChI is InChI=1S/C14H19FN2O3/c1-4-10(2)17(9-13(18)19)14(20)16(3)12-7-5-11(15)6-8-12/h5-8,10H,4,9H2,1-3H3,(H,18,19). The van der Waals surface area contributed by atoms with Crippen LogP contribution in [0.5, 0.6) is 0 Å². The Morgan fingerprint density at radius 2 is 1.85 bits per heavy atom. The molecule has 0 aliphatic heterocycles. The van der Waals surface area contributed by atoms with Crippen molar-refractivity contribution in [3.8, 4) is 0 Å². The third-order valence-corrected chi connectivity index (χ3v) is 3.18. The first kappa shape index (κ1) is 15.9. The lowest BCUT2D eigenvalue weighted by Crippen LogP contribution is -2.48. The molecular formula is C14H19FN2O3. The van der Waals surface area contributed by atoms with Crippen molar-refractivity contribution in [2.75, 3.05) is 18.5 Å². The van der Waals surface area contributed by atoms with Gasteiger partial charge in [-0.15, -0.1) is 0 Å². The largest absolute Gasteiger partial charge is 0.480 e. The number of hydrogen-bond donors (Lipinski definition) is 1. The van der Waals surface area contributed by atoms with E-state index in [9.17, 15) is 14.0 Å². The zero-order valence-corrected chi connectivity index (χ0v) is 11.8. The summed E-state index contributed by atoms with van der Waals surface area (Å²) in [5.74, 6) is -1.45. The van der Waals surface area contributed by atoms with Gasteiger partial charge >= 0.3 is 12.0 Å². The van der Waals surface area contributed by atoms with Gasteiger partial charge in [-0.25, -0.2) is 9.18 Å². The Balaban J connectivity index is 2.93. The molecule has 6 heteroatoms. The molecule has 0 heterocycles. The van der Waals surface area contributed by atoms with Crippen LogP contribution in [0.2, 0.25) is 0 Å². The highest BCUT2D eigenvalue weighted by atomic mass is 19.1. The maximum Gasteiger partial charge on any atom is 0.324 e. The molecule has 1 unspecified atom stereocenters. The molecular weight excluding hydrogens is 263 g/mol. The highest BCUT2D eigenvalue weighted by Crippen LogP contribution is 2.16. The molecule has 0 spiro atoms. The summed E-state index contributed by atoms with van der Waals surface area (Å²) in [4.78, 5) is 25.8. The van der Waals surface area contributed by atoms with Gasteiger partial charge in [0.1, 0.15) is 12.4 Å². The Labute approximate surface area is 117 Å². The molecule has 0 fully saturated rings. The number of anilines is 1. The van der Waals surface area contributed by atoms with Gasteiger partial charge in [-0.1, -0.05) is 6.92 Å². The van der Waals surface area contributed by atoms with E-state index in [0.29, 0.717) is 12.1 Å². The van der Waals surface area contributed by atoms with Gasteiger partial charge in [0, 0.05) is 18.8 Å². The topological polar surface area (TPSA) is 60.9 Å². The summed E-state index contributed by atoms with van der Waals surface area (Å²) in [5, 5.41) is 8.90. The second-order valence-electron chi connectivity index (χ2n) is 4.60. The molecule has 0 saturated carbocycles. The Morgan fingerprint density at radius 1 is 1.30 bits per heavy atom. The van der Waals surface area contributed by atoms with Crippen molar-refractivity contribution in [3.05, 3.63) is 30.1 Å². The average Bonchev–Trinajstić information content (AvgIpc) is 2.43. The summed E-state index contributed by atoms with van der Waals surface area (Å²) in [6.07, 6.45) is 0.649. The number of amides is 2. The Kier molecular flexibility index (Phi) is 5.49. The van der Waals surface area contributed by atoms with Crippen molar-refractivity contribution in [2.45, 2.75) is 26.3 Å². The van der Waals surface area contributed by atoms with E-state index in [1.54, 1.807) is 6.92 Å². The number of nitrogens with zero attached hydrogens (tertiary/aromatic N) is 2. The minimum Gasteiger partial charge on any atom is -0.480 e. The fraction of sp³-hybridized carbons (Fsp3) is 0.429. The quantitative estimate of drug-likeness (QED) is 0.903. The lowest BCUT2D eigenvalue weighted by molar-refractivity contribution is -0.138. The van der Waals surface area contributed by atoms with Gasteiger partial charge in [-0.3, -0.25) is 9.69 Å². The summed E-state index contributed by atoms with van der Waals surface area (Å²) in [5.41, 5.74) is 0.509. The van der Waals surface area contributed by atoms with E-state index in [1.165, 1.54) is 41.1 Å². The van der Waals surface area contributed by atoms with E-state index in [4.69, 9.17) is 5.11 Å². The van der Waals surface area contributed by atoms with E-state index < -0.39 is 12.0 Å². The van der Waals surface area contributed by atoms with Gasteiger partial charge < -0.3 is 10.0 Å². The molecule has 110 valence electrons. The van der Waals surface area contributed by atoms with Gasteiger partial charge in [-0.2, -0.15) is 0 Å². The maximum absolute atomic E-state index is 12.9. The second kappa shape index (κ2) is 6.88. The molecule has 1 N–H and O–H groups in total. The molecule has 2 amide bonds. The zero-order chi connectivity index (χ0) is 15.3. The van der Waals surface area contributed by atoms with Crippen LogP contribution in [0.1, 0.15) is 20.3 Å². The molecule has 1 aromatic carbocycles. The van der Waals surface area contributed by atoms with Crippen molar-refractivity contribution in [1.82, 2.24) is 4.90 Å². The number of carboxylic acids is 1. The monoisotopic (exact) mass is 282 g/mol. The molecule has 5 nitrogen and oxygen atoms in total. The predicted octanol–water partition coefficient (Wildman–Crippen LogP) is 2.57. The van der Waals surface area contributed by atoms with Crippen molar-refractivity contribution >= 4 is 17.7 Å². The molecule has 0 aromatic heterocycles. The molecule has 20 heavy (non-hydrogen) atoms. The van der Waals surface area contributed by atoms with Gasteiger partial charge in [0.05, 0.1) is 0 Å². The molecule has 0 bridgehead atoms. The fourth-order valence-corrected chi connectivity index (χ4v) is 1.75. The van der Waals surface area contributed by atoms with Crippen LogP contribution in [0.15, 0.2) is 24.3 Å². The van der Waals surface area contributed by atoms with Gasteiger partial charge in [0.15, 0.2) is 0 Å². The number of hydrogen-bond acceptors (Lipinski definition) is 2. The van der Waals surface area contributed by atoms with Crippen LogP contribution in [0.3, 0.4) is 0 Å². The minimum absolute atomic E-state index is 0.193. The lowest BCUT2D eigenvalue weighted by atomic mass is 10.2. The van der Waals surface area contributed by atoms with Crippen molar-refractivity contribution in [1.29, 1.82) is 0 Å². The molecule has 1 atom stereocenters. The van der Waals surface area contributed by atoms with E-state index in [0.717, 1.165) is 0 Å². The molecule has 0 saturated heterocycles. The molecule has 1 aromatic rings. The molecule has 0 radical (unpaired) electrons. The first-order valence-electron chi connectivity index (χ1n) is 6.38. The van der Waals surface area contributed by atoms with E-state index in [2.05, 4.69) is 0 Å². The third kappa shape index (κ3) is 3.94. The number of urea groups is 1. The molecule has 0 aliphatic carbocycles. The van der Waals surface area contributed by atoms with E-state index >= 15 is 0 Å².